The maximum absolute atomic E-state index is 14.6. The smallest absolute Gasteiger partial charge is 0.258 e. The van der Waals surface area contributed by atoms with Crippen molar-refractivity contribution < 1.29 is 32.5 Å². The number of hydroxylamine groups is 1. The third kappa shape index (κ3) is 9.78. The van der Waals surface area contributed by atoms with Crippen molar-refractivity contribution in [1.29, 1.82) is 0 Å². The van der Waals surface area contributed by atoms with Gasteiger partial charge in [0.05, 0.1) is 18.0 Å². The molecule has 0 spiro atoms. The minimum atomic E-state index is -2.17. The predicted molar refractivity (Wildman–Crippen MR) is 133 cm³/mol. The third-order valence-electron chi connectivity index (χ3n) is 4.52. The van der Waals surface area contributed by atoms with Crippen LogP contribution >= 0.6 is 11.6 Å². The highest BCUT2D eigenvalue weighted by molar-refractivity contribution is 7.82. The fourth-order valence-electron chi connectivity index (χ4n) is 2.65. The van der Waals surface area contributed by atoms with Gasteiger partial charge in [0.25, 0.3) is 5.91 Å². The first-order valence-electron chi connectivity index (χ1n) is 10.9. The monoisotopic (exact) mass is 548 g/mol. The van der Waals surface area contributed by atoms with Gasteiger partial charge in [-0.3, -0.25) is 19.7 Å². The number of nitrogens with one attached hydrogen (secondary N) is 1. The van der Waals surface area contributed by atoms with Gasteiger partial charge in [-0.2, -0.15) is 0 Å². The molecule has 0 fully saturated rings. The predicted octanol–water partition coefficient (Wildman–Crippen LogP) is 3.29. The van der Waals surface area contributed by atoms with Gasteiger partial charge in [-0.1, -0.05) is 25.4 Å². The Morgan fingerprint density at radius 1 is 1.03 bits per heavy atom. The van der Waals surface area contributed by atoms with Crippen LogP contribution in [0.1, 0.15) is 13.8 Å². The van der Waals surface area contributed by atoms with Crippen LogP contribution in [0.4, 0.5) is 8.78 Å². The van der Waals surface area contributed by atoms with Crippen LogP contribution in [0.25, 0.3) is 0 Å². The molecule has 0 heterocycles. The first kappa shape index (κ1) is 31.4. The van der Waals surface area contributed by atoms with Gasteiger partial charge >= 0.3 is 0 Å². The minimum absolute atomic E-state index is 0.0104. The number of benzene rings is 2. The van der Waals surface area contributed by atoms with Crippen LogP contribution in [-0.2, 0) is 20.6 Å². The Labute approximate surface area is 217 Å². The topological polar surface area (TPSA) is 102 Å². The van der Waals surface area contributed by atoms with Gasteiger partial charge < -0.3 is 9.64 Å². The number of hydrogen-bond donors (Lipinski definition) is 2. The summed E-state index contributed by atoms with van der Waals surface area (Å²) in [6, 6.07) is 7.52. The van der Waals surface area contributed by atoms with Gasteiger partial charge in [0.1, 0.15) is 16.7 Å². The molecule has 0 aromatic heterocycles. The first-order chi connectivity index (χ1) is 17.0. The summed E-state index contributed by atoms with van der Waals surface area (Å²) in [4.78, 5) is 26.3. The Morgan fingerprint density at radius 3 is 2.08 bits per heavy atom. The summed E-state index contributed by atoms with van der Waals surface area (Å²) in [6.07, 6.45) is 0. The minimum Gasteiger partial charge on any atom is -0.451 e. The first-order valence-corrected chi connectivity index (χ1v) is 12.4. The van der Waals surface area contributed by atoms with Crippen molar-refractivity contribution in [2.45, 2.75) is 18.7 Å². The molecule has 0 saturated heterocycles. The van der Waals surface area contributed by atoms with Gasteiger partial charge in [-0.15, -0.1) is 0 Å². The lowest BCUT2D eigenvalue weighted by Gasteiger charge is -2.24. The number of carbonyl (C=O) groups is 2. The molecule has 200 valence electrons. The van der Waals surface area contributed by atoms with E-state index in [-0.39, 0.29) is 36.2 Å². The number of ether oxygens (including phenoxy) is 1. The molecule has 2 rings (SSSR count). The van der Waals surface area contributed by atoms with Crippen molar-refractivity contribution >= 4 is 34.4 Å². The van der Waals surface area contributed by atoms with E-state index in [1.165, 1.54) is 34.6 Å². The Balaban J connectivity index is 0.00000316. The molecule has 2 N–H and O–H groups in total. The van der Waals surface area contributed by atoms with Crippen molar-refractivity contribution in [3.05, 3.63) is 53.1 Å². The standard InChI is InChI=1S/C21H25ClF2N4O5S.C2H6/c1-26(2)20(30)13-27(3)8-9-28(12-19(29)25-31)34(32)16-10-17(23)21(18(24)11-16)33-15-6-4-14(22)5-7-15;1-2/h4-7,10-11,31H,8-9,12-13H2,1-3H3,(H,25,29);1-2H3. The number of likely N-dealkylation sites (N-methyl/N-ethyl adjacent to an activating group) is 2. The lowest BCUT2D eigenvalue weighted by atomic mass is 10.3. The average Bonchev–Trinajstić information content (AvgIpc) is 2.85. The van der Waals surface area contributed by atoms with E-state index in [2.05, 4.69) is 0 Å². The summed E-state index contributed by atoms with van der Waals surface area (Å²) < 4.78 is 48.7. The fraction of sp³-hybridized carbons (Fsp3) is 0.391. The second-order valence-corrected chi connectivity index (χ2v) is 9.37. The molecule has 9 nitrogen and oxygen atoms in total. The van der Waals surface area contributed by atoms with E-state index in [0.717, 1.165) is 16.4 Å². The molecule has 0 aliphatic carbocycles. The Hall–Kier alpha value is -2.64. The largest absolute Gasteiger partial charge is 0.451 e. The number of halogens is 3. The zero-order valence-corrected chi connectivity index (χ0v) is 22.3. The highest BCUT2D eigenvalue weighted by Gasteiger charge is 2.23. The zero-order chi connectivity index (χ0) is 27.4. The molecule has 0 aliphatic heterocycles. The van der Waals surface area contributed by atoms with E-state index in [9.17, 15) is 22.6 Å². The Bertz CT molecular complexity index is 1020. The van der Waals surface area contributed by atoms with Crippen molar-refractivity contribution in [2.24, 2.45) is 0 Å². The highest BCUT2D eigenvalue weighted by Crippen LogP contribution is 2.30. The van der Waals surface area contributed by atoms with E-state index < -0.39 is 40.8 Å². The lowest BCUT2D eigenvalue weighted by molar-refractivity contribution is -0.130. The number of amides is 2. The molecular formula is C23H31ClF2N4O5S. The van der Waals surface area contributed by atoms with Crippen molar-refractivity contribution in [3.8, 4) is 11.5 Å². The van der Waals surface area contributed by atoms with Crippen molar-refractivity contribution in [3.63, 3.8) is 0 Å². The summed E-state index contributed by atoms with van der Waals surface area (Å²) in [7, 11) is 2.68. The summed E-state index contributed by atoms with van der Waals surface area (Å²) in [5.41, 5.74) is 1.43. The quantitative estimate of drug-likeness (QED) is 0.330. The van der Waals surface area contributed by atoms with Crippen LogP contribution in [0.2, 0.25) is 5.02 Å². The van der Waals surface area contributed by atoms with E-state index in [1.807, 2.05) is 13.8 Å². The van der Waals surface area contributed by atoms with Gasteiger partial charge in [-0.25, -0.2) is 22.8 Å². The molecule has 2 aromatic rings. The summed E-state index contributed by atoms with van der Waals surface area (Å²) in [5, 5.41) is 9.26. The van der Waals surface area contributed by atoms with Crippen LogP contribution in [0, 0.1) is 11.6 Å². The van der Waals surface area contributed by atoms with Crippen LogP contribution in [0.5, 0.6) is 11.5 Å². The number of nitrogens with zero attached hydrogens (tertiary/aromatic N) is 3. The van der Waals surface area contributed by atoms with Gasteiger partial charge in [-0.05, 0) is 43.4 Å². The van der Waals surface area contributed by atoms with Gasteiger partial charge in [0.2, 0.25) is 5.91 Å². The van der Waals surface area contributed by atoms with Crippen LogP contribution < -0.4 is 10.2 Å². The van der Waals surface area contributed by atoms with E-state index in [1.54, 1.807) is 26.0 Å². The lowest BCUT2D eigenvalue weighted by Crippen LogP contribution is -2.42. The summed E-state index contributed by atoms with van der Waals surface area (Å²) in [5.74, 6) is -3.78. The van der Waals surface area contributed by atoms with E-state index in [4.69, 9.17) is 21.5 Å². The normalized spacial score (nSPS) is 11.5. The average molecular weight is 549 g/mol. The van der Waals surface area contributed by atoms with E-state index in [0.29, 0.717) is 5.02 Å². The van der Waals surface area contributed by atoms with E-state index >= 15 is 0 Å². The summed E-state index contributed by atoms with van der Waals surface area (Å²) in [6.45, 7) is 3.74. The molecular weight excluding hydrogens is 518 g/mol. The van der Waals surface area contributed by atoms with Crippen molar-refractivity contribution in [2.75, 3.05) is 47.3 Å². The molecule has 2 amide bonds. The number of carbonyl (C=O) groups excluding carboxylic acids is 2. The SMILES string of the molecule is CC.CN(CCN(CC(=O)NO)S(=O)c1cc(F)c(Oc2ccc(Cl)cc2)c(F)c1)CC(=O)N(C)C. The van der Waals surface area contributed by atoms with Crippen LogP contribution in [0.3, 0.4) is 0 Å². The third-order valence-corrected chi connectivity index (χ3v) is 6.19. The Kier molecular flexibility index (Phi) is 13.5. The maximum Gasteiger partial charge on any atom is 0.258 e. The van der Waals surface area contributed by atoms with Gasteiger partial charge in [0, 0.05) is 32.2 Å². The molecule has 0 saturated carbocycles. The maximum atomic E-state index is 14.6. The van der Waals surface area contributed by atoms with Gasteiger partial charge in [0.15, 0.2) is 17.4 Å². The molecule has 2 aromatic carbocycles. The molecule has 0 aliphatic rings. The van der Waals surface area contributed by atoms with Crippen LogP contribution in [-0.4, -0.2) is 82.7 Å². The molecule has 0 radical (unpaired) electrons. The zero-order valence-electron chi connectivity index (χ0n) is 20.8. The molecule has 0 bridgehead atoms. The highest BCUT2D eigenvalue weighted by atomic mass is 35.5. The molecule has 36 heavy (non-hydrogen) atoms. The number of rotatable bonds is 11. The molecule has 1 unspecified atom stereocenters. The fourth-order valence-corrected chi connectivity index (χ4v) is 3.97. The van der Waals surface area contributed by atoms with Crippen molar-refractivity contribution in [1.82, 2.24) is 19.6 Å². The second-order valence-electron chi connectivity index (χ2n) is 7.45. The molecule has 13 heteroatoms. The van der Waals surface area contributed by atoms with Crippen LogP contribution in [0.15, 0.2) is 41.3 Å². The second kappa shape index (κ2) is 15.5. The molecule has 1 atom stereocenters. The summed E-state index contributed by atoms with van der Waals surface area (Å²) >= 11 is 5.78. The number of hydrogen-bond acceptors (Lipinski definition) is 6. The Morgan fingerprint density at radius 2 is 1.58 bits per heavy atom.